The molecule has 35 heavy (non-hydrogen) atoms. The third-order valence-electron chi connectivity index (χ3n) is 6.34. The lowest BCUT2D eigenvalue weighted by Crippen LogP contribution is -2.30. The molecular formula is C30H34F3NO. The fourth-order valence-electron chi connectivity index (χ4n) is 4.31. The van der Waals surface area contributed by atoms with Crippen LogP contribution in [0.5, 0.6) is 0 Å². The second-order valence-electron chi connectivity index (χ2n) is 9.65. The van der Waals surface area contributed by atoms with Gasteiger partial charge in [-0.2, -0.15) is 13.2 Å². The summed E-state index contributed by atoms with van der Waals surface area (Å²) in [4.78, 5) is 12.8. The van der Waals surface area contributed by atoms with Crippen molar-refractivity contribution in [3.63, 3.8) is 0 Å². The molecule has 2 atom stereocenters. The normalized spacial score (nSPS) is 13.5. The third kappa shape index (κ3) is 7.98. The summed E-state index contributed by atoms with van der Waals surface area (Å²) in [5, 5.41) is 3.06. The Kier molecular flexibility index (Phi) is 9.13. The fourth-order valence-corrected chi connectivity index (χ4v) is 4.31. The minimum absolute atomic E-state index is 0.0250. The Balaban J connectivity index is 1.61. The zero-order chi connectivity index (χ0) is 25.4. The van der Waals surface area contributed by atoms with E-state index in [9.17, 15) is 18.0 Å². The number of halogens is 3. The minimum atomic E-state index is -4.34. The first-order chi connectivity index (χ1) is 16.6. The highest BCUT2D eigenvalue weighted by Crippen LogP contribution is 2.30. The van der Waals surface area contributed by atoms with Gasteiger partial charge in [0.1, 0.15) is 0 Å². The summed E-state index contributed by atoms with van der Waals surface area (Å²) < 4.78 is 38.7. The van der Waals surface area contributed by atoms with E-state index in [2.05, 4.69) is 31.3 Å². The summed E-state index contributed by atoms with van der Waals surface area (Å²) in [5.74, 6) is 0.386. The summed E-state index contributed by atoms with van der Waals surface area (Å²) >= 11 is 0. The van der Waals surface area contributed by atoms with Gasteiger partial charge in [-0.25, -0.2) is 0 Å². The predicted molar refractivity (Wildman–Crippen MR) is 135 cm³/mol. The summed E-state index contributed by atoms with van der Waals surface area (Å²) in [6.45, 7) is 6.77. The molecule has 1 N–H and O–H groups in total. The molecule has 0 saturated carbocycles. The van der Waals surface area contributed by atoms with Gasteiger partial charge >= 0.3 is 6.18 Å². The average molecular weight is 482 g/mol. The Bertz CT molecular complexity index is 1060. The van der Waals surface area contributed by atoms with E-state index in [-0.39, 0.29) is 17.7 Å². The number of alkyl halides is 3. The van der Waals surface area contributed by atoms with E-state index in [1.165, 1.54) is 5.56 Å². The summed E-state index contributed by atoms with van der Waals surface area (Å²) in [6.07, 6.45) is -2.03. The highest BCUT2D eigenvalue weighted by Gasteiger charge is 2.30. The second kappa shape index (κ2) is 12.1. The molecule has 0 aromatic heterocycles. The summed E-state index contributed by atoms with van der Waals surface area (Å²) in [5.41, 5.74) is 3.56. The van der Waals surface area contributed by atoms with E-state index in [0.717, 1.165) is 35.2 Å². The predicted octanol–water partition coefficient (Wildman–Crippen LogP) is 7.54. The van der Waals surface area contributed by atoms with Crippen molar-refractivity contribution in [2.24, 2.45) is 5.92 Å². The number of carbonyl (C=O) groups is 1. The molecular weight excluding hydrogens is 447 g/mol. The molecule has 1 amide bonds. The molecule has 2 nitrogen and oxygen atoms in total. The molecule has 0 heterocycles. The molecule has 3 rings (SSSR count). The smallest absolute Gasteiger partial charge is 0.356 e. The van der Waals surface area contributed by atoms with Gasteiger partial charge in [0.15, 0.2) is 0 Å². The number of hydrogen-bond donors (Lipinski definition) is 1. The van der Waals surface area contributed by atoms with Crippen LogP contribution < -0.4 is 5.32 Å². The molecule has 0 spiro atoms. The largest absolute Gasteiger partial charge is 0.416 e. The van der Waals surface area contributed by atoms with Crippen LogP contribution in [0, 0.1) is 5.92 Å². The number of rotatable bonds is 10. The van der Waals surface area contributed by atoms with E-state index in [1.807, 2.05) is 49.4 Å². The van der Waals surface area contributed by atoms with Gasteiger partial charge in [-0.3, -0.25) is 4.79 Å². The van der Waals surface area contributed by atoms with Gasteiger partial charge in [0.05, 0.1) is 11.5 Å². The van der Waals surface area contributed by atoms with Crippen LogP contribution in [0.4, 0.5) is 13.2 Å². The Labute approximate surface area is 206 Å². The summed E-state index contributed by atoms with van der Waals surface area (Å²) in [7, 11) is 0. The molecule has 186 valence electrons. The molecule has 0 radical (unpaired) electrons. The fraction of sp³-hybridized carbons (Fsp3) is 0.367. The average Bonchev–Trinajstić information content (AvgIpc) is 2.83. The number of nitrogens with one attached hydrogen (secondary N) is 1. The number of carbonyl (C=O) groups excluding carboxylic acids is 1. The molecule has 0 saturated heterocycles. The van der Waals surface area contributed by atoms with E-state index in [1.54, 1.807) is 12.1 Å². The van der Waals surface area contributed by atoms with E-state index >= 15 is 0 Å². The highest BCUT2D eigenvalue weighted by atomic mass is 19.4. The minimum Gasteiger partial charge on any atom is -0.356 e. The van der Waals surface area contributed by atoms with Crippen LogP contribution in [-0.2, 0) is 23.8 Å². The van der Waals surface area contributed by atoms with Crippen molar-refractivity contribution >= 4 is 5.91 Å². The maximum atomic E-state index is 12.9. The number of hydrogen-bond acceptors (Lipinski definition) is 1. The lowest BCUT2D eigenvalue weighted by molar-refractivity contribution is -0.137. The van der Waals surface area contributed by atoms with Crippen LogP contribution in [0.15, 0.2) is 78.9 Å². The lowest BCUT2D eigenvalue weighted by Gasteiger charge is -2.20. The molecule has 3 aromatic rings. The van der Waals surface area contributed by atoms with Crippen molar-refractivity contribution in [2.75, 3.05) is 6.54 Å². The zero-order valence-electron chi connectivity index (χ0n) is 20.6. The van der Waals surface area contributed by atoms with Crippen molar-refractivity contribution < 1.29 is 18.0 Å². The molecule has 0 aliphatic rings. The molecule has 0 aliphatic carbocycles. The topological polar surface area (TPSA) is 29.1 Å². The third-order valence-corrected chi connectivity index (χ3v) is 6.34. The van der Waals surface area contributed by atoms with Crippen LogP contribution in [0.3, 0.4) is 0 Å². The van der Waals surface area contributed by atoms with Gasteiger partial charge in [0.25, 0.3) is 0 Å². The zero-order valence-corrected chi connectivity index (χ0v) is 20.6. The molecule has 0 bridgehead atoms. The Morgan fingerprint density at radius 3 is 1.91 bits per heavy atom. The van der Waals surface area contributed by atoms with Crippen molar-refractivity contribution in [3.05, 3.63) is 107 Å². The van der Waals surface area contributed by atoms with Gasteiger partial charge in [0, 0.05) is 6.54 Å². The van der Waals surface area contributed by atoms with Gasteiger partial charge in [-0.05, 0) is 72.4 Å². The standard InChI is InChI=1S/C30H34F3NO/c1-21(2)19-23-9-13-25(14-10-23)22(3)29(35)34-18-17-27(26-7-5-4-6-8-26)20-24-11-15-28(16-12-24)30(31,32)33/h4-16,21-22,27H,17-20H2,1-3H3,(H,34,35). The van der Waals surface area contributed by atoms with Gasteiger partial charge in [-0.15, -0.1) is 0 Å². The van der Waals surface area contributed by atoms with Crippen LogP contribution in [0.25, 0.3) is 0 Å². The first kappa shape index (κ1) is 26.5. The lowest BCUT2D eigenvalue weighted by atomic mass is 9.89. The van der Waals surface area contributed by atoms with Crippen molar-refractivity contribution in [2.45, 2.75) is 58.0 Å². The second-order valence-corrected chi connectivity index (χ2v) is 9.65. The van der Waals surface area contributed by atoms with Crippen molar-refractivity contribution in [1.29, 1.82) is 0 Å². The van der Waals surface area contributed by atoms with E-state index in [4.69, 9.17) is 0 Å². The molecule has 3 aromatic carbocycles. The van der Waals surface area contributed by atoms with Crippen molar-refractivity contribution in [3.8, 4) is 0 Å². The van der Waals surface area contributed by atoms with Crippen LogP contribution in [0.2, 0.25) is 0 Å². The quantitative estimate of drug-likeness (QED) is 0.318. The van der Waals surface area contributed by atoms with E-state index < -0.39 is 11.7 Å². The Morgan fingerprint density at radius 2 is 1.34 bits per heavy atom. The van der Waals surface area contributed by atoms with Gasteiger partial charge < -0.3 is 5.32 Å². The molecule has 2 unspecified atom stereocenters. The molecule has 0 aliphatic heterocycles. The van der Waals surface area contributed by atoms with Gasteiger partial charge in [0.2, 0.25) is 5.91 Å². The monoisotopic (exact) mass is 481 g/mol. The Morgan fingerprint density at radius 1 is 0.771 bits per heavy atom. The van der Waals surface area contributed by atoms with Gasteiger partial charge in [-0.1, -0.05) is 80.6 Å². The van der Waals surface area contributed by atoms with E-state index in [0.29, 0.717) is 25.3 Å². The number of benzene rings is 3. The maximum Gasteiger partial charge on any atom is 0.416 e. The summed E-state index contributed by atoms with van der Waals surface area (Å²) in [6, 6.07) is 23.5. The first-order valence-corrected chi connectivity index (χ1v) is 12.2. The number of amides is 1. The molecule has 5 heteroatoms. The SMILES string of the molecule is CC(C)Cc1ccc(C(C)C(=O)NCCC(Cc2ccc(C(F)(F)F)cc2)c2ccccc2)cc1. The van der Waals surface area contributed by atoms with Crippen LogP contribution >= 0.6 is 0 Å². The van der Waals surface area contributed by atoms with Crippen molar-refractivity contribution in [1.82, 2.24) is 5.32 Å². The van der Waals surface area contributed by atoms with Crippen LogP contribution in [-0.4, -0.2) is 12.5 Å². The molecule has 0 fully saturated rings. The van der Waals surface area contributed by atoms with Crippen LogP contribution in [0.1, 0.15) is 66.8 Å². The first-order valence-electron chi connectivity index (χ1n) is 12.2. The highest BCUT2D eigenvalue weighted by molar-refractivity contribution is 5.83. The maximum absolute atomic E-state index is 12.9. The Hall–Kier alpha value is -3.08.